The fourth-order valence-electron chi connectivity index (χ4n) is 3.42. The van der Waals surface area contributed by atoms with Gasteiger partial charge in [0.25, 0.3) is 0 Å². The Balaban J connectivity index is 1.51. The molecular formula is C21H25N7O2. The highest BCUT2D eigenvalue weighted by Crippen LogP contribution is 2.33. The van der Waals surface area contributed by atoms with Gasteiger partial charge in [-0.15, -0.1) is 0 Å². The first-order valence-electron chi connectivity index (χ1n) is 9.94. The Bertz CT molecular complexity index is 1000. The van der Waals surface area contributed by atoms with Gasteiger partial charge < -0.3 is 20.1 Å². The fourth-order valence-corrected chi connectivity index (χ4v) is 3.42. The lowest BCUT2D eigenvalue weighted by molar-refractivity contribution is 0.0146. The third-order valence-electron chi connectivity index (χ3n) is 4.78. The van der Waals surface area contributed by atoms with Gasteiger partial charge in [0.2, 0.25) is 0 Å². The van der Waals surface area contributed by atoms with Crippen molar-refractivity contribution in [3.63, 3.8) is 0 Å². The fraction of sp³-hybridized carbons (Fsp3) is 0.381. The zero-order valence-electron chi connectivity index (χ0n) is 17.3. The Kier molecular flexibility index (Phi) is 5.99. The smallest absolute Gasteiger partial charge is 0.174 e. The molecule has 0 saturated carbocycles. The minimum absolute atomic E-state index is 0.0730. The molecule has 0 amide bonds. The van der Waals surface area contributed by atoms with Crippen LogP contribution in [0.15, 0.2) is 30.7 Å². The van der Waals surface area contributed by atoms with Crippen molar-refractivity contribution in [3.05, 3.63) is 47.8 Å². The molecule has 30 heavy (non-hydrogen) atoms. The Morgan fingerprint density at radius 3 is 2.53 bits per heavy atom. The quantitative estimate of drug-likeness (QED) is 0.626. The number of rotatable bonds is 6. The Labute approximate surface area is 175 Å². The summed E-state index contributed by atoms with van der Waals surface area (Å²) in [4.78, 5) is 21.7. The SMILES string of the molecule is COc1cc(C2CCCCO2)cnc1Nc1cc(Nc2cc(C)nc(C)n2)ncn1. The second kappa shape index (κ2) is 9.00. The lowest BCUT2D eigenvalue weighted by Crippen LogP contribution is -2.12. The second-order valence-electron chi connectivity index (χ2n) is 7.15. The zero-order valence-corrected chi connectivity index (χ0v) is 17.3. The van der Waals surface area contributed by atoms with Crippen LogP contribution in [-0.4, -0.2) is 38.6 Å². The first-order chi connectivity index (χ1) is 14.6. The van der Waals surface area contributed by atoms with Crippen molar-refractivity contribution in [1.29, 1.82) is 0 Å². The molecule has 1 aliphatic rings. The molecule has 0 spiro atoms. The van der Waals surface area contributed by atoms with Crippen LogP contribution in [0.3, 0.4) is 0 Å². The Morgan fingerprint density at radius 1 is 0.967 bits per heavy atom. The van der Waals surface area contributed by atoms with E-state index in [4.69, 9.17) is 9.47 Å². The van der Waals surface area contributed by atoms with E-state index < -0.39 is 0 Å². The van der Waals surface area contributed by atoms with Crippen molar-refractivity contribution in [2.24, 2.45) is 0 Å². The highest BCUT2D eigenvalue weighted by atomic mass is 16.5. The molecule has 1 aliphatic heterocycles. The van der Waals surface area contributed by atoms with Crippen LogP contribution in [0.25, 0.3) is 0 Å². The van der Waals surface area contributed by atoms with Gasteiger partial charge in [-0.05, 0) is 39.2 Å². The molecule has 0 radical (unpaired) electrons. The van der Waals surface area contributed by atoms with Crippen molar-refractivity contribution >= 4 is 23.3 Å². The normalized spacial score (nSPS) is 16.2. The summed E-state index contributed by atoms with van der Waals surface area (Å²) in [5.74, 6) is 3.78. The van der Waals surface area contributed by atoms with Gasteiger partial charge >= 0.3 is 0 Å². The standard InChI is InChI=1S/C21H25N7O2/c1-13-8-20(26-14(2)25-13)27-18-10-19(24-12-23-18)28-21-17(29-3)9-15(11-22-21)16-6-4-5-7-30-16/h8-12,16H,4-7H2,1-3H3,(H2,22,23,24,25,26,27,28). The minimum Gasteiger partial charge on any atom is -0.493 e. The van der Waals surface area contributed by atoms with Gasteiger partial charge in [-0.3, -0.25) is 0 Å². The number of anilines is 4. The molecule has 9 heteroatoms. The zero-order chi connectivity index (χ0) is 20.9. The summed E-state index contributed by atoms with van der Waals surface area (Å²) in [7, 11) is 1.63. The Hall–Kier alpha value is -3.33. The molecule has 4 heterocycles. The third-order valence-corrected chi connectivity index (χ3v) is 4.78. The van der Waals surface area contributed by atoms with Crippen molar-refractivity contribution in [2.45, 2.75) is 39.2 Å². The van der Waals surface area contributed by atoms with Crippen LogP contribution >= 0.6 is 0 Å². The number of hydrogen-bond donors (Lipinski definition) is 2. The van der Waals surface area contributed by atoms with Gasteiger partial charge in [-0.25, -0.2) is 24.9 Å². The highest BCUT2D eigenvalue weighted by molar-refractivity contribution is 5.63. The van der Waals surface area contributed by atoms with Gasteiger partial charge in [-0.2, -0.15) is 0 Å². The van der Waals surface area contributed by atoms with E-state index in [1.807, 2.05) is 32.2 Å². The summed E-state index contributed by atoms with van der Waals surface area (Å²) in [6.07, 6.45) is 6.65. The maximum Gasteiger partial charge on any atom is 0.174 e. The van der Waals surface area contributed by atoms with Crippen LogP contribution in [0.2, 0.25) is 0 Å². The minimum atomic E-state index is 0.0730. The number of nitrogens with zero attached hydrogens (tertiary/aromatic N) is 5. The first-order valence-corrected chi connectivity index (χ1v) is 9.94. The van der Waals surface area contributed by atoms with Crippen molar-refractivity contribution in [1.82, 2.24) is 24.9 Å². The molecule has 1 unspecified atom stereocenters. The number of pyridine rings is 1. The van der Waals surface area contributed by atoms with E-state index in [1.165, 1.54) is 6.33 Å². The average molecular weight is 407 g/mol. The van der Waals surface area contributed by atoms with E-state index >= 15 is 0 Å². The lowest BCUT2D eigenvalue weighted by atomic mass is 10.0. The monoisotopic (exact) mass is 407 g/mol. The predicted octanol–water partition coefficient (Wildman–Crippen LogP) is 4.02. The lowest BCUT2D eigenvalue weighted by Gasteiger charge is -2.23. The van der Waals surface area contributed by atoms with Gasteiger partial charge in [0.1, 0.15) is 29.6 Å². The number of aromatic nitrogens is 5. The summed E-state index contributed by atoms with van der Waals surface area (Å²) in [6.45, 7) is 4.56. The second-order valence-corrected chi connectivity index (χ2v) is 7.15. The summed E-state index contributed by atoms with van der Waals surface area (Å²) < 4.78 is 11.4. The van der Waals surface area contributed by atoms with E-state index in [9.17, 15) is 0 Å². The molecule has 4 rings (SSSR count). The van der Waals surface area contributed by atoms with Gasteiger partial charge in [-0.1, -0.05) is 0 Å². The van der Waals surface area contributed by atoms with Gasteiger partial charge in [0, 0.05) is 36.2 Å². The summed E-state index contributed by atoms with van der Waals surface area (Å²) in [5.41, 5.74) is 1.91. The van der Waals surface area contributed by atoms with Crippen molar-refractivity contribution in [3.8, 4) is 5.75 Å². The molecule has 3 aromatic heterocycles. The average Bonchev–Trinajstić information content (AvgIpc) is 2.74. The number of nitrogens with one attached hydrogen (secondary N) is 2. The Morgan fingerprint density at radius 2 is 1.80 bits per heavy atom. The molecule has 1 saturated heterocycles. The molecule has 156 valence electrons. The highest BCUT2D eigenvalue weighted by Gasteiger charge is 2.18. The van der Waals surface area contributed by atoms with Crippen LogP contribution in [-0.2, 0) is 4.74 Å². The number of aryl methyl sites for hydroxylation is 2. The molecule has 1 fully saturated rings. The number of methoxy groups -OCH3 is 1. The van der Waals surface area contributed by atoms with E-state index in [0.717, 1.165) is 37.1 Å². The summed E-state index contributed by atoms with van der Waals surface area (Å²) >= 11 is 0. The van der Waals surface area contributed by atoms with Crippen LogP contribution in [0.1, 0.15) is 42.4 Å². The summed E-state index contributed by atoms with van der Waals surface area (Å²) in [5, 5.41) is 6.38. The predicted molar refractivity (Wildman–Crippen MR) is 113 cm³/mol. The number of ether oxygens (including phenoxy) is 2. The largest absolute Gasteiger partial charge is 0.493 e. The van der Waals surface area contributed by atoms with Gasteiger partial charge in [0.15, 0.2) is 11.6 Å². The molecular weight excluding hydrogens is 382 g/mol. The summed E-state index contributed by atoms with van der Waals surface area (Å²) in [6, 6.07) is 5.61. The first kappa shape index (κ1) is 20.0. The van der Waals surface area contributed by atoms with Crippen molar-refractivity contribution < 1.29 is 9.47 Å². The molecule has 2 N–H and O–H groups in total. The molecule has 0 bridgehead atoms. The molecule has 3 aromatic rings. The molecule has 1 atom stereocenters. The van der Waals surface area contributed by atoms with Crippen LogP contribution in [0, 0.1) is 13.8 Å². The topological polar surface area (TPSA) is 107 Å². The molecule has 0 aromatic carbocycles. The van der Waals surface area contributed by atoms with E-state index in [1.54, 1.807) is 13.2 Å². The van der Waals surface area contributed by atoms with Crippen LogP contribution in [0.4, 0.5) is 23.3 Å². The number of hydrogen-bond acceptors (Lipinski definition) is 9. The van der Waals surface area contributed by atoms with Crippen LogP contribution < -0.4 is 15.4 Å². The van der Waals surface area contributed by atoms with E-state index in [0.29, 0.717) is 34.8 Å². The third kappa shape index (κ3) is 4.80. The molecule has 0 aliphatic carbocycles. The van der Waals surface area contributed by atoms with Gasteiger partial charge in [0.05, 0.1) is 13.2 Å². The van der Waals surface area contributed by atoms with Crippen molar-refractivity contribution in [2.75, 3.05) is 24.4 Å². The maximum absolute atomic E-state index is 5.86. The van der Waals surface area contributed by atoms with E-state index in [-0.39, 0.29) is 6.10 Å². The van der Waals surface area contributed by atoms with E-state index in [2.05, 4.69) is 35.6 Å². The molecule has 9 nitrogen and oxygen atoms in total. The maximum atomic E-state index is 5.86. The van der Waals surface area contributed by atoms with Crippen LogP contribution in [0.5, 0.6) is 5.75 Å².